The molecule has 0 unspecified atom stereocenters. The van der Waals surface area contributed by atoms with E-state index in [2.05, 4.69) is 41.8 Å². The van der Waals surface area contributed by atoms with Gasteiger partial charge in [-0.1, -0.05) is 62.4 Å². The van der Waals surface area contributed by atoms with Crippen molar-refractivity contribution in [3.63, 3.8) is 0 Å². The van der Waals surface area contributed by atoms with Crippen LogP contribution in [0.15, 0.2) is 48.5 Å². The molecule has 0 aromatic heterocycles. The number of aliphatic carboxylic acids is 1. The summed E-state index contributed by atoms with van der Waals surface area (Å²) in [7, 11) is 0. The van der Waals surface area contributed by atoms with Crippen LogP contribution in [-0.2, 0) is 14.3 Å². The summed E-state index contributed by atoms with van der Waals surface area (Å²) in [6, 6.07) is 15.8. The highest BCUT2D eigenvalue weighted by atomic mass is 16.5. The zero-order valence-corrected chi connectivity index (χ0v) is 20.4. The predicted molar refractivity (Wildman–Crippen MR) is 133 cm³/mol. The van der Waals surface area contributed by atoms with Gasteiger partial charge < -0.3 is 20.5 Å². The lowest BCUT2D eigenvalue weighted by Crippen LogP contribution is -2.57. The van der Waals surface area contributed by atoms with Crippen LogP contribution in [0.3, 0.4) is 0 Å². The number of carbonyl (C=O) groups is 3. The van der Waals surface area contributed by atoms with E-state index in [0.29, 0.717) is 25.2 Å². The summed E-state index contributed by atoms with van der Waals surface area (Å²) in [6.45, 7) is 4.17. The van der Waals surface area contributed by atoms with Gasteiger partial charge in [-0.15, -0.1) is 0 Å². The smallest absolute Gasteiger partial charge is 0.407 e. The van der Waals surface area contributed by atoms with Crippen molar-refractivity contribution in [1.82, 2.24) is 10.6 Å². The molecule has 0 radical (unpaired) electrons. The summed E-state index contributed by atoms with van der Waals surface area (Å²) in [4.78, 5) is 37.3. The molecule has 2 aliphatic carbocycles. The van der Waals surface area contributed by atoms with E-state index in [9.17, 15) is 19.5 Å². The summed E-state index contributed by atoms with van der Waals surface area (Å²) in [5.74, 6) is -0.943. The molecule has 35 heavy (non-hydrogen) atoms. The van der Waals surface area contributed by atoms with Crippen molar-refractivity contribution in [2.75, 3.05) is 6.61 Å². The summed E-state index contributed by atoms with van der Waals surface area (Å²) in [5.41, 5.74) is 3.36. The first-order valence-electron chi connectivity index (χ1n) is 12.5. The fraction of sp³-hybridized carbons (Fsp3) is 0.464. The van der Waals surface area contributed by atoms with Crippen LogP contribution in [0.2, 0.25) is 0 Å². The number of benzene rings is 2. The number of amides is 2. The molecule has 0 bridgehead atoms. The Morgan fingerprint density at radius 3 is 2.14 bits per heavy atom. The Balaban J connectivity index is 1.33. The van der Waals surface area contributed by atoms with Crippen molar-refractivity contribution < 1.29 is 24.2 Å². The van der Waals surface area contributed by atoms with E-state index in [1.165, 1.54) is 0 Å². The molecule has 0 saturated heterocycles. The third kappa shape index (κ3) is 5.34. The van der Waals surface area contributed by atoms with Gasteiger partial charge in [0, 0.05) is 18.4 Å². The van der Waals surface area contributed by atoms with Gasteiger partial charge in [0.25, 0.3) is 0 Å². The van der Waals surface area contributed by atoms with Gasteiger partial charge in [0.05, 0.1) is 0 Å². The van der Waals surface area contributed by atoms with Crippen LogP contribution < -0.4 is 10.6 Å². The minimum Gasteiger partial charge on any atom is -0.480 e. The maximum absolute atomic E-state index is 12.7. The second-order valence-corrected chi connectivity index (χ2v) is 9.90. The van der Waals surface area contributed by atoms with E-state index >= 15 is 0 Å². The van der Waals surface area contributed by atoms with E-state index in [-0.39, 0.29) is 24.9 Å². The Morgan fingerprint density at radius 2 is 1.60 bits per heavy atom. The van der Waals surface area contributed by atoms with Crippen LogP contribution in [0, 0.1) is 5.92 Å². The summed E-state index contributed by atoms with van der Waals surface area (Å²) in [5, 5.41) is 15.3. The quantitative estimate of drug-likeness (QED) is 0.503. The normalized spacial score (nSPS) is 21.9. The van der Waals surface area contributed by atoms with Crippen molar-refractivity contribution in [2.24, 2.45) is 5.92 Å². The topological polar surface area (TPSA) is 105 Å². The maximum atomic E-state index is 12.7. The minimum absolute atomic E-state index is 0.00524. The first-order valence-corrected chi connectivity index (χ1v) is 12.5. The van der Waals surface area contributed by atoms with Crippen LogP contribution >= 0.6 is 0 Å². The molecule has 0 heterocycles. The zero-order chi connectivity index (χ0) is 25.0. The van der Waals surface area contributed by atoms with Gasteiger partial charge in [-0.25, -0.2) is 9.59 Å². The van der Waals surface area contributed by atoms with Crippen molar-refractivity contribution in [1.29, 1.82) is 0 Å². The largest absolute Gasteiger partial charge is 0.480 e. The fourth-order valence-electron chi connectivity index (χ4n) is 5.29. The van der Waals surface area contributed by atoms with Gasteiger partial charge in [0.1, 0.15) is 12.1 Å². The molecule has 2 aliphatic rings. The number of nitrogens with one attached hydrogen (secondary N) is 2. The summed E-state index contributed by atoms with van der Waals surface area (Å²) < 4.78 is 5.60. The van der Waals surface area contributed by atoms with Crippen LogP contribution in [-0.4, -0.2) is 41.3 Å². The number of carbonyl (C=O) groups excluding carboxylic acids is 2. The molecule has 2 aromatic rings. The van der Waals surface area contributed by atoms with Crippen LogP contribution in [0.5, 0.6) is 0 Å². The van der Waals surface area contributed by atoms with Gasteiger partial charge in [-0.05, 0) is 60.3 Å². The molecular formula is C28H34N2O5. The molecule has 3 N–H and O–H groups in total. The molecule has 1 saturated carbocycles. The SMILES string of the molecule is CC[C@H](CC(=O)NC1(C(=O)O)CCC(C)CC1)NC(=O)OCC1c2ccccc2-c2ccccc21. The van der Waals surface area contributed by atoms with Crippen molar-refractivity contribution in [2.45, 2.75) is 69.9 Å². The molecule has 1 atom stereocenters. The standard InChI is InChI=1S/C28H34N2O5/c1-3-19(16-25(31)30-28(26(32)33)14-12-18(2)13-15-28)29-27(34)35-17-24-22-10-6-4-8-20(22)21-9-5-7-11-23(21)24/h4-11,18-19,24H,3,12-17H2,1-2H3,(H,29,34)(H,30,31)(H,32,33)/t18?,19-,28?/m1/s1. The van der Waals surface area contributed by atoms with Gasteiger partial charge in [-0.2, -0.15) is 0 Å². The molecule has 186 valence electrons. The van der Waals surface area contributed by atoms with Gasteiger partial charge >= 0.3 is 12.1 Å². The van der Waals surface area contributed by atoms with E-state index in [1.807, 2.05) is 31.2 Å². The number of alkyl carbamates (subject to hydrolysis) is 1. The maximum Gasteiger partial charge on any atom is 0.407 e. The van der Waals surface area contributed by atoms with E-state index in [1.54, 1.807) is 0 Å². The lowest BCUT2D eigenvalue weighted by Gasteiger charge is -2.36. The lowest BCUT2D eigenvalue weighted by molar-refractivity contribution is -0.149. The number of carboxylic acids is 1. The zero-order valence-electron chi connectivity index (χ0n) is 20.4. The average molecular weight is 479 g/mol. The molecule has 0 spiro atoms. The summed E-state index contributed by atoms with van der Waals surface area (Å²) in [6.07, 6.45) is 2.33. The number of hydrogen-bond donors (Lipinski definition) is 3. The van der Waals surface area contributed by atoms with Gasteiger partial charge in [0.2, 0.25) is 5.91 Å². The van der Waals surface area contributed by atoms with E-state index < -0.39 is 23.6 Å². The molecular weight excluding hydrogens is 444 g/mol. The van der Waals surface area contributed by atoms with Crippen molar-refractivity contribution in [3.8, 4) is 11.1 Å². The minimum atomic E-state index is -1.22. The molecule has 0 aliphatic heterocycles. The van der Waals surface area contributed by atoms with Crippen LogP contribution in [0.4, 0.5) is 4.79 Å². The Labute approximate surface area is 206 Å². The van der Waals surface area contributed by atoms with Gasteiger partial charge in [0.15, 0.2) is 0 Å². The fourth-order valence-corrected chi connectivity index (χ4v) is 5.29. The molecule has 7 nitrogen and oxygen atoms in total. The molecule has 7 heteroatoms. The monoisotopic (exact) mass is 478 g/mol. The molecule has 2 amide bonds. The number of fused-ring (bicyclic) bond motifs is 3. The second-order valence-electron chi connectivity index (χ2n) is 9.90. The van der Waals surface area contributed by atoms with Crippen LogP contribution in [0.25, 0.3) is 11.1 Å². The summed E-state index contributed by atoms with van der Waals surface area (Å²) >= 11 is 0. The first kappa shape index (κ1) is 24.8. The Kier molecular flexibility index (Phi) is 7.43. The van der Waals surface area contributed by atoms with E-state index in [0.717, 1.165) is 35.1 Å². The van der Waals surface area contributed by atoms with Gasteiger partial charge in [-0.3, -0.25) is 4.79 Å². The molecule has 1 fully saturated rings. The first-order chi connectivity index (χ1) is 16.8. The molecule has 2 aromatic carbocycles. The van der Waals surface area contributed by atoms with Crippen molar-refractivity contribution >= 4 is 18.0 Å². The second kappa shape index (κ2) is 10.5. The lowest BCUT2D eigenvalue weighted by atomic mass is 9.77. The third-order valence-corrected chi connectivity index (χ3v) is 7.51. The number of ether oxygens (including phenoxy) is 1. The number of rotatable bonds is 8. The van der Waals surface area contributed by atoms with Crippen LogP contribution in [0.1, 0.15) is 69.4 Å². The Bertz CT molecular complexity index is 1040. The Morgan fingerprint density at radius 1 is 1.03 bits per heavy atom. The highest BCUT2D eigenvalue weighted by molar-refractivity contribution is 5.87. The highest BCUT2D eigenvalue weighted by Crippen LogP contribution is 2.44. The Hall–Kier alpha value is -3.35. The number of hydrogen-bond acceptors (Lipinski definition) is 4. The molecule has 4 rings (SSSR count). The van der Waals surface area contributed by atoms with Crippen molar-refractivity contribution in [3.05, 3.63) is 59.7 Å². The number of carboxylic acid groups (broad SMARTS) is 1. The third-order valence-electron chi connectivity index (χ3n) is 7.51. The predicted octanol–water partition coefficient (Wildman–Crippen LogP) is 4.84. The van der Waals surface area contributed by atoms with E-state index in [4.69, 9.17) is 4.74 Å². The average Bonchev–Trinajstić information content (AvgIpc) is 3.17. The highest BCUT2D eigenvalue weighted by Gasteiger charge is 2.42.